The first-order valence-electron chi connectivity index (χ1n) is 11.0. The molecule has 1 aliphatic rings. The van der Waals surface area contributed by atoms with E-state index in [9.17, 15) is 9.59 Å². The molecule has 4 rings (SSSR count). The van der Waals surface area contributed by atoms with Gasteiger partial charge in [-0.1, -0.05) is 11.3 Å². The van der Waals surface area contributed by atoms with Crippen molar-refractivity contribution in [1.82, 2.24) is 4.57 Å². The van der Waals surface area contributed by atoms with Gasteiger partial charge in [0.2, 0.25) is 0 Å². The molecule has 0 saturated carbocycles. The quantitative estimate of drug-likeness (QED) is 0.463. The molecule has 0 fully saturated rings. The molecule has 0 radical (unpaired) electrons. The standard InChI is InChI=1S/C25H27N3O6S/c1-7-33-24(30)21-14(2)26-25-28(22(21)17-10-8-15(31-5)12-18(17)32-6)23(29)19(35-25)13-16-9-11-20(34-16)27(3)4/h8-13,22H,7H2,1-6H3/b19-13+/t22-/m0/s1. The van der Waals surface area contributed by atoms with Crippen LogP contribution in [0.25, 0.3) is 6.08 Å². The number of rotatable bonds is 7. The van der Waals surface area contributed by atoms with Gasteiger partial charge in [-0.25, -0.2) is 9.79 Å². The average molecular weight is 498 g/mol. The Morgan fingerprint density at radius 1 is 1.23 bits per heavy atom. The minimum atomic E-state index is -0.790. The number of benzene rings is 1. The van der Waals surface area contributed by atoms with Crippen molar-refractivity contribution in [3.05, 3.63) is 72.6 Å². The van der Waals surface area contributed by atoms with Crippen LogP contribution in [-0.4, -0.2) is 45.5 Å². The summed E-state index contributed by atoms with van der Waals surface area (Å²) in [5.41, 5.74) is 1.08. The SMILES string of the molecule is CCOC(=O)C1=C(C)N=c2s/c(=C/c3ccc(N(C)C)o3)c(=O)n2[C@H]1c1ccc(OC)cc1OC. The normalized spacial score (nSPS) is 15.5. The van der Waals surface area contributed by atoms with E-state index in [1.54, 1.807) is 51.3 Å². The number of nitrogens with zero attached hydrogens (tertiary/aromatic N) is 3. The molecule has 0 amide bonds. The van der Waals surface area contributed by atoms with Crippen LogP contribution in [0.2, 0.25) is 0 Å². The maximum absolute atomic E-state index is 13.7. The molecule has 1 aliphatic heterocycles. The fourth-order valence-corrected chi connectivity index (χ4v) is 4.95. The van der Waals surface area contributed by atoms with Crippen LogP contribution in [0.1, 0.15) is 31.2 Å². The highest BCUT2D eigenvalue weighted by Gasteiger charge is 2.35. The monoisotopic (exact) mass is 497 g/mol. The highest BCUT2D eigenvalue weighted by Crippen LogP contribution is 2.37. The largest absolute Gasteiger partial charge is 0.497 e. The van der Waals surface area contributed by atoms with Crippen LogP contribution in [0.5, 0.6) is 11.5 Å². The third-order valence-electron chi connectivity index (χ3n) is 5.58. The second-order valence-corrected chi connectivity index (χ2v) is 8.99. The van der Waals surface area contributed by atoms with Gasteiger partial charge in [0.1, 0.15) is 23.3 Å². The molecule has 3 heterocycles. The average Bonchev–Trinajstić information content (AvgIpc) is 3.42. The summed E-state index contributed by atoms with van der Waals surface area (Å²) in [5, 5.41) is 0. The van der Waals surface area contributed by atoms with E-state index in [0.717, 1.165) is 0 Å². The molecular formula is C25H27N3O6S. The molecular weight excluding hydrogens is 470 g/mol. The van der Waals surface area contributed by atoms with Crippen molar-refractivity contribution in [2.24, 2.45) is 4.99 Å². The molecule has 184 valence electrons. The van der Waals surface area contributed by atoms with Crippen LogP contribution >= 0.6 is 11.3 Å². The Kier molecular flexibility index (Phi) is 6.83. The van der Waals surface area contributed by atoms with Crippen molar-refractivity contribution >= 4 is 29.3 Å². The third kappa shape index (κ3) is 4.49. The van der Waals surface area contributed by atoms with Crippen LogP contribution in [0, 0.1) is 0 Å². The first-order valence-corrected chi connectivity index (χ1v) is 11.8. The lowest BCUT2D eigenvalue weighted by atomic mass is 9.95. The molecule has 0 unspecified atom stereocenters. The number of ether oxygens (including phenoxy) is 3. The molecule has 0 N–H and O–H groups in total. The van der Waals surface area contributed by atoms with Crippen LogP contribution in [0.4, 0.5) is 5.88 Å². The highest BCUT2D eigenvalue weighted by molar-refractivity contribution is 7.07. The Balaban J connectivity index is 1.96. The lowest BCUT2D eigenvalue weighted by molar-refractivity contribution is -0.139. The van der Waals surface area contributed by atoms with Crippen LogP contribution in [0.15, 0.2) is 55.8 Å². The van der Waals surface area contributed by atoms with E-state index in [0.29, 0.717) is 43.7 Å². The Bertz CT molecular complexity index is 1480. The van der Waals surface area contributed by atoms with Gasteiger partial charge in [0.15, 0.2) is 10.7 Å². The molecule has 0 bridgehead atoms. The maximum atomic E-state index is 13.7. The van der Waals surface area contributed by atoms with Crippen LogP contribution in [-0.2, 0) is 9.53 Å². The molecule has 0 aliphatic carbocycles. The van der Waals surface area contributed by atoms with Crippen LogP contribution in [0.3, 0.4) is 0 Å². The van der Waals surface area contributed by atoms with Gasteiger partial charge in [0, 0.05) is 37.9 Å². The molecule has 35 heavy (non-hydrogen) atoms. The number of furan rings is 1. The molecule has 1 aromatic carbocycles. The Labute approximate surface area is 206 Å². The minimum Gasteiger partial charge on any atom is -0.497 e. The van der Waals surface area contributed by atoms with E-state index >= 15 is 0 Å². The molecule has 9 nitrogen and oxygen atoms in total. The first kappa shape index (κ1) is 24.3. The van der Waals surface area contributed by atoms with Gasteiger partial charge in [0.05, 0.1) is 36.6 Å². The smallest absolute Gasteiger partial charge is 0.338 e. The number of carbonyl (C=O) groups is 1. The van der Waals surface area contributed by atoms with E-state index in [2.05, 4.69) is 4.99 Å². The van der Waals surface area contributed by atoms with Gasteiger partial charge in [-0.3, -0.25) is 9.36 Å². The predicted octanol–water partition coefficient (Wildman–Crippen LogP) is 2.47. The molecule has 10 heteroatoms. The Morgan fingerprint density at radius 3 is 2.63 bits per heavy atom. The summed E-state index contributed by atoms with van der Waals surface area (Å²) in [7, 11) is 6.83. The highest BCUT2D eigenvalue weighted by atomic mass is 32.1. The number of methoxy groups -OCH3 is 2. The van der Waals surface area contributed by atoms with Crippen molar-refractivity contribution in [2.75, 3.05) is 39.8 Å². The molecule has 3 aromatic rings. The van der Waals surface area contributed by atoms with Gasteiger partial charge in [-0.15, -0.1) is 0 Å². The Morgan fingerprint density at radius 2 is 2.00 bits per heavy atom. The maximum Gasteiger partial charge on any atom is 0.338 e. The van der Waals surface area contributed by atoms with Gasteiger partial charge in [0.25, 0.3) is 5.56 Å². The number of carbonyl (C=O) groups excluding carboxylic acids is 1. The number of thiazole rings is 1. The lowest BCUT2D eigenvalue weighted by Gasteiger charge is -2.26. The number of esters is 1. The zero-order valence-corrected chi connectivity index (χ0v) is 21.3. The third-order valence-corrected chi connectivity index (χ3v) is 6.56. The van der Waals surface area contributed by atoms with E-state index in [-0.39, 0.29) is 17.7 Å². The second-order valence-electron chi connectivity index (χ2n) is 7.98. The van der Waals surface area contributed by atoms with Gasteiger partial charge in [-0.2, -0.15) is 0 Å². The summed E-state index contributed by atoms with van der Waals surface area (Å²) in [6.45, 7) is 3.67. The fourth-order valence-electron chi connectivity index (χ4n) is 3.92. The zero-order chi connectivity index (χ0) is 25.3. The number of fused-ring (bicyclic) bond motifs is 1. The topological polar surface area (TPSA) is 95.5 Å². The number of allylic oxidation sites excluding steroid dienone is 1. The number of anilines is 1. The van der Waals surface area contributed by atoms with E-state index in [1.165, 1.54) is 23.0 Å². The van der Waals surface area contributed by atoms with Crippen molar-refractivity contribution in [2.45, 2.75) is 19.9 Å². The molecule has 1 atom stereocenters. The number of hydrogen-bond acceptors (Lipinski definition) is 9. The lowest BCUT2D eigenvalue weighted by Crippen LogP contribution is -2.40. The Hall–Kier alpha value is -3.79. The van der Waals surface area contributed by atoms with E-state index < -0.39 is 12.0 Å². The van der Waals surface area contributed by atoms with Crippen molar-refractivity contribution in [3.63, 3.8) is 0 Å². The van der Waals surface area contributed by atoms with Crippen molar-refractivity contribution in [1.29, 1.82) is 0 Å². The zero-order valence-electron chi connectivity index (χ0n) is 20.4. The molecule has 0 saturated heterocycles. The van der Waals surface area contributed by atoms with Crippen molar-refractivity contribution in [3.8, 4) is 11.5 Å². The summed E-state index contributed by atoms with van der Waals surface area (Å²) in [6, 6.07) is 8.10. The fraction of sp³-hybridized carbons (Fsp3) is 0.320. The number of aromatic nitrogens is 1. The van der Waals surface area contributed by atoms with E-state index in [1.807, 2.05) is 25.1 Å². The summed E-state index contributed by atoms with van der Waals surface area (Å²) in [5.74, 6) is 1.74. The first-order chi connectivity index (χ1) is 16.8. The van der Waals surface area contributed by atoms with Crippen LogP contribution < -0.4 is 29.3 Å². The summed E-state index contributed by atoms with van der Waals surface area (Å²) in [4.78, 5) is 33.6. The minimum absolute atomic E-state index is 0.194. The van der Waals surface area contributed by atoms with Gasteiger partial charge < -0.3 is 23.5 Å². The molecule has 2 aromatic heterocycles. The van der Waals surface area contributed by atoms with E-state index in [4.69, 9.17) is 18.6 Å². The molecule has 0 spiro atoms. The summed E-state index contributed by atoms with van der Waals surface area (Å²) >= 11 is 1.23. The van der Waals surface area contributed by atoms with Gasteiger partial charge >= 0.3 is 5.97 Å². The summed E-state index contributed by atoms with van der Waals surface area (Å²) in [6.07, 6.45) is 1.68. The van der Waals surface area contributed by atoms with Crippen molar-refractivity contribution < 1.29 is 23.4 Å². The predicted molar refractivity (Wildman–Crippen MR) is 133 cm³/mol. The number of hydrogen-bond donors (Lipinski definition) is 0. The summed E-state index contributed by atoms with van der Waals surface area (Å²) < 4.78 is 24.0. The van der Waals surface area contributed by atoms with Gasteiger partial charge in [-0.05, 0) is 32.0 Å². The second kappa shape index (κ2) is 9.83.